The van der Waals surface area contributed by atoms with Gasteiger partial charge in [-0.25, -0.2) is 5.06 Å². The maximum Gasteiger partial charge on any atom is 0.280 e. The summed E-state index contributed by atoms with van der Waals surface area (Å²) in [6, 6.07) is 4.88. The van der Waals surface area contributed by atoms with Crippen LogP contribution in [-0.2, 0) is 0 Å². The summed E-state index contributed by atoms with van der Waals surface area (Å²) in [6.45, 7) is 0. The van der Waals surface area contributed by atoms with Crippen molar-refractivity contribution in [1.82, 2.24) is 5.06 Å². The molecule has 1 rings (SSSR count). The minimum Gasteiger partial charge on any atom is -0.493 e. The molecule has 0 fully saturated rings. The van der Waals surface area contributed by atoms with Crippen LogP contribution in [0.5, 0.6) is 11.5 Å². The van der Waals surface area contributed by atoms with Gasteiger partial charge in [-0.3, -0.25) is 10.0 Å². The van der Waals surface area contributed by atoms with Crippen LogP contribution in [0, 0.1) is 0 Å². The highest BCUT2D eigenvalue weighted by Crippen LogP contribution is 2.30. The largest absolute Gasteiger partial charge is 0.493 e. The third kappa shape index (κ3) is 2.19. The summed E-state index contributed by atoms with van der Waals surface area (Å²) in [5.74, 6) is 0.210. The normalized spacial score (nSPS) is 9.60. The van der Waals surface area contributed by atoms with Crippen LogP contribution in [-0.4, -0.2) is 37.4 Å². The summed E-state index contributed by atoms with van der Waals surface area (Å²) in [4.78, 5) is 11.5. The fourth-order valence-electron chi connectivity index (χ4n) is 1.23. The highest BCUT2D eigenvalue weighted by atomic mass is 16.5. The van der Waals surface area contributed by atoms with Gasteiger partial charge in [0, 0.05) is 7.05 Å². The van der Waals surface area contributed by atoms with Crippen LogP contribution in [0.3, 0.4) is 0 Å². The van der Waals surface area contributed by atoms with Crippen LogP contribution in [0.1, 0.15) is 10.4 Å². The van der Waals surface area contributed by atoms with Gasteiger partial charge < -0.3 is 9.47 Å². The van der Waals surface area contributed by atoms with Gasteiger partial charge in [0.2, 0.25) is 0 Å². The van der Waals surface area contributed by atoms with Gasteiger partial charge in [0.1, 0.15) is 0 Å². The van der Waals surface area contributed by atoms with Crippen molar-refractivity contribution in [2.24, 2.45) is 0 Å². The Morgan fingerprint density at radius 2 is 2.00 bits per heavy atom. The maximum atomic E-state index is 11.5. The van der Waals surface area contributed by atoms with E-state index in [1.807, 2.05) is 0 Å². The number of carbonyl (C=O) groups excluding carboxylic acids is 1. The highest BCUT2D eigenvalue weighted by molar-refractivity contribution is 5.96. The molecular weight excluding hydrogens is 198 g/mol. The summed E-state index contributed by atoms with van der Waals surface area (Å²) >= 11 is 0. The summed E-state index contributed by atoms with van der Waals surface area (Å²) in [6.07, 6.45) is 0. The number of hydroxylamine groups is 2. The number of methoxy groups -OCH3 is 2. The molecule has 0 aliphatic carbocycles. The molecular formula is C10H13NO4. The van der Waals surface area contributed by atoms with Gasteiger partial charge in [0.25, 0.3) is 5.91 Å². The Kier molecular flexibility index (Phi) is 3.51. The van der Waals surface area contributed by atoms with Gasteiger partial charge in [-0.05, 0) is 12.1 Å². The van der Waals surface area contributed by atoms with E-state index >= 15 is 0 Å². The Morgan fingerprint density at radius 3 is 2.47 bits per heavy atom. The summed E-state index contributed by atoms with van der Waals surface area (Å²) in [7, 11) is 4.17. The molecule has 0 heterocycles. The molecule has 0 atom stereocenters. The lowest BCUT2D eigenvalue weighted by Crippen LogP contribution is -2.23. The number of hydrogen-bond donors (Lipinski definition) is 1. The van der Waals surface area contributed by atoms with E-state index in [1.165, 1.54) is 21.3 Å². The maximum absolute atomic E-state index is 11.5. The zero-order valence-corrected chi connectivity index (χ0v) is 8.85. The molecule has 1 N–H and O–H groups in total. The molecule has 82 valence electrons. The number of nitrogens with zero attached hydrogens (tertiary/aromatic N) is 1. The number of benzene rings is 1. The van der Waals surface area contributed by atoms with Crippen LogP contribution >= 0.6 is 0 Å². The number of ether oxygens (including phenoxy) is 2. The van der Waals surface area contributed by atoms with E-state index < -0.39 is 5.91 Å². The summed E-state index contributed by atoms with van der Waals surface area (Å²) < 4.78 is 10.1. The zero-order chi connectivity index (χ0) is 11.4. The molecule has 0 aliphatic rings. The van der Waals surface area contributed by atoms with E-state index in [0.717, 1.165) is 0 Å². The van der Waals surface area contributed by atoms with Crippen molar-refractivity contribution in [3.63, 3.8) is 0 Å². The number of para-hydroxylation sites is 1. The fraction of sp³-hybridized carbons (Fsp3) is 0.300. The lowest BCUT2D eigenvalue weighted by atomic mass is 10.1. The van der Waals surface area contributed by atoms with E-state index in [-0.39, 0.29) is 5.56 Å². The van der Waals surface area contributed by atoms with Gasteiger partial charge >= 0.3 is 0 Å². The van der Waals surface area contributed by atoms with E-state index in [4.69, 9.17) is 14.7 Å². The topological polar surface area (TPSA) is 59.0 Å². The first-order valence-corrected chi connectivity index (χ1v) is 4.29. The minimum atomic E-state index is -0.550. The lowest BCUT2D eigenvalue weighted by molar-refractivity contribution is -0.0377. The molecule has 5 nitrogen and oxygen atoms in total. The monoisotopic (exact) mass is 211 g/mol. The minimum absolute atomic E-state index is 0.252. The molecule has 0 saturated heterocycles. The summed E-state index contributed by atoms with van der Waals surface area (Å²) in [5.41, 5.74) is 0.252. The highest BCUT2D eigenvalue weighted by Gasteiger charge is 2.18. The van der Waals surface area contributed by atoms with Gasteiger partial charge in [-0.15, -0.1) is 0 Å². The van der Waals surface area contributed by atoms with E-state index in [9.17, 15) is 4.79 Å². The Balaban J connectivity index is 3.23. The van der Waals surface area contributed by atoms with Crippen molar-refractivity contribution in [3.8, 4) is 11.5 Å². The second-order valence-electron chi connectivity index (χ2n) is 2.87. The van der Waals surface area contributed by atoms with Gasteiger partial charge in [-0.2, -0.15) is 0 Å². The predicted octanol–water partition coefficient (Wildman–Crippen LogP) is 1.16. The molecule has 0 aromatic heterocycles. The van der Waals surface area contributed by atoms with Crippen LogP contribution in [0.15, 0.2) is 18.2 Å². The van der Waals surface area contributed by atoms with Crippen molar-refractivity contribution < 1.29 is 19.5 Å². The average molecular weight is 211 g/mol. The Bertz CT molecular complexity index is 362. The molecule has 5 heteroatoms. The molecule has 1 amide bonds. The Labute approximate surface area is 87.8 Å². The zero-order valence-electron chi connectivity index (χ0n) is 8.85. The first-order valence-electron chi connectivity index (χ1n) is 4.29. The SMILES string of the molecule is COc1cccc(C(=O)N(C)O)c1OC. The Hall–Kier alpha value is -1.75. The first-order chi connectivity index (χ1) is 7.11. The number of hydrogen-bond acceptors (Lipinski definition) is 4. The number of rotatable bonds is 3. The van der Waals surface area contributed by atoms with Crippen LogP contribution in [0.4, 0.5) is 0 Å². The van der Waals surface area contributed by atoms with E-state index in [2.05, 4.69) is 0 Å². The van der Waals surface area contributed by atoms with Crippen molar-refractivity contribution in [1.29, 1.82) is 0 Å². The molecule has 0 radical (unpaired) electrons. The molecule has 0 spiro atoms. The van der Waals surface area contributed by atoms with E-state index in [1.54, 1.807) is 18.2 Å². The van der Waals surface area contributed by atoms with Crippen LogP contribution < -0.4 is 9.47 Å². The van der Waals surface area contributed by atoms with Crippen molar-refractivity contribution in [3.05, 3.63) is 23.8 Å². The fourth-order valence-corrected chi connectivity index (χ4v) is 1.23. The molecule has 0 aliphatic heterocycles. The molecule has 15 heavy (non-hydrogen) atoms. The predicted molar refractivity (Wildman–Crippen MR) is 53.4 cm³/mol. The van der Waals surface area contributed by atoms with E-state index in [0.29, 0.717) is 16.6 Å². The smallest absolute Gasteiger partial charge is 0.280 e. The molecule has 0 bridgehead atoms. The second kappa shape index (κ2) is 4.65. The second-order valence-corrected chi connectivity index (χ2v) is 2.87. The number of amides is 1. The molecule has 1 aromatic rings. The molecule has 0 unspecified atom stereocenters. The van der Waals surface area contributed by atoms with Crippen LogP contribution in [0.2, 0.25) is 0 Å². The van der Waals surface area contributed by atoms with Crippen molar-refractivity contribution in [2.75, 3.05) is 21.3 Å². The van der Waals surface area contributed by atoms with Crippen molar-refractivity contribution >= 4 is 5.91 Å². The third-order valence-electron chi connectivity index (χ3n) is 1.93. The van der Waals surface area contributed by atoms with Crippen LogP contribution in [0.25, 0.3) is 0 Å². The lowest BCUT2D eigenvalue weighted by Gasteiger charge is -2.14. The van der Waals surface area contributed by atoms with Gasteiger partial charge in [-0.1, -0.05) is 6.07 Å². The standard InChI is InChI=1S/C10H13NO4/c1-11(13)10(12)7-5-4-6-8(14-2)9(7)15-3/h4-6,13H,1-3H3. The van der Waals surface area contributed by atoms with Gasteiger partial charge in [0.15, 0.2) is 11.5 Å². The van der Waals surface area contributed by atoms with Crippen molar-refractivity contribution in [2.45, 2.75) is 0 Å². The summed E-state index contributed by atoms with van der Waals surface area (Å²) in [5, 5.41) is 9.54. The number of carbonyl (C=O) groups is 1. The molecule has 0 saturated carbocycles. The first kappa shape index (κ1) is 11.3. The average Bonchev–Trinajstić information content (AvgIpc) is 2.26. The third-order valence-corrected chi connectivity index (χ3v) is 1.93. The Morgan fingerprint density at radius 1 is 1.33 bits per heavy atom. The quantitative estimate of drug-likeness (QED) is 0.602. The molecule has 1 aromatic carbocycles. The van der Waals surface area contributed by atoms with Gasteiger partial charge in [0.05, 0.1) is 19.8 Å².